The predicted octanol–water partition coefficient (Wildman–Crippen LogP) is 1.57. The first kappa shape index (κ1) is 15.5. The summed E-state index contributed by atoms with van der Waals surface area (Å²) in [5.41, 5.74) is 6.21. The summed E-state index contributed by atoms with van der Waals surface area (Å²) < 4.78 is 10.9. The van der Waals surface area contributed by atoms with Crippen LogP contribution in [0.25, 0.3) is 0 Å². The van der Waals surface area contributed by atoms with E-state index in [9.17, 15) is 0 Å². The molecule has 13 heavy (non-hydrogen) atoms. The van der Waals surface area contributed by atoms with Gasteiger partial charge in [0.2, 0.25) is 0 Å². The van der Waals surface area contributed by atoms with Crippen LogP contribution >= 0.6 is 0 Å². The van der Waals surface area contributed by atoms with Crippen LogP contribution in [-0.4, -0.2) is 27.9 Å². The highest BCUT2D eigenvalue weighted by atomic mass is 28.4. The average Bonchev–Trinajstić information content (AvgIpc) is 2.15. The highest BCUT2D eigenvalue weighted by molar-refractivity contribution is 6.69. The minimum absolute atomic E-state index is 0. The van der Waals surface area contributed by atoms with Crippen LogP contribution in [0.15, 0.2) is 0 Å². The lowest BCUT2D eigenvalue weighted by atomic mass is 10.2. The van der Waals surface area contributed by atoms with Crippen LogP contribution in [0.2, 0.25) is 6.55 Å². The molecule has 0 atom stereocenters. The molecule has 0 heterocycles. The maximum atomic E-state index is 6.21. The second kappa shape index (κ2) is 5.72. The minimum atomic E-state index is -2.17. The van der Waals surface area contributed by atoms with Gasteiger partial charge in [-0.25, -0.2) is 0 Å². The van der Waals surface area contributed by atoms with Gasteiger partial charge in [0.15, 0.2) is 0 Å². The van der Waals surface area contributed by atoms with E-state index in [2.05, 4.69) is 13.8 Å². The normalized spacial score (nSPS) is 12.5. The molecule has 0 amide bonds. The summed E-state index contributed by atoms with van der Waals surface area (Å²) in [5, 5.41) is -0.267. The van der Waals surface area contributed by atoms with Gasteiger partial charge in [0, 0.05) is 14.2 Å². The van der Waals surface area contributed by atoms with Crippen LogP contribution in [0, 0.1) is 0 Å². The zero-order valence-corrected chi connectivity index (χ0v) is 10.5. The summed E-state index contributed by atoms with van der Waals surface area (Å²) in [5.74, 6) is 0. The molecule has 0 aliphatic carbocycles. The quantitative estimate of drug-likeness (QED) is 0.672. The Kier molecular flexibility index (Phi) is 6.83. The molecule has 5 N–H and O–H groups in total. The van der Waals surface area contributed by atoms with Gasteiger partial charge >= 0.3 is 8.56 Å². The Morgan fingerprint density at radius 2 is 1.46 bits per heavy atom. The van der Waals surface area contributed by atoms with Gasteiger partial charge in [-0.3, -0.25) is 0 Å². The van der Waals surface area contributed by atoms with Crippen LogP contribution in [0.1, 0.15) is 26.7 Å². The lowest BCUT2D eigenvalue weighted by Gasteiger charge is -2.39. The Bertz CT molecular complexity index is 120. The third-order valence-electron chi connectivity index (χ3n) is 2.95. The van der Waals surface area contributed by atoms with Gasteiger partial charge in [0.05, 0.1) is 5.16 Å². The molecule has 0 bridgehead atoms. The summed E-state index contributed by atoms with van der Waals surface area (Å²) in [7, 11) is 1.19. The van der Waals surface area contributed by atoms with Crippen molar-refractivity contribution in [2.24, 2.45) is 5.73 Å². The van der Waals surface area contributed by atoms with Crippen molar-refractivity contribution in [1.29, 1.82) is 0 Å². The van der Waals surface area contributed by atoms with Gasteiger partial charge < -0.3 is 20.7 Å². The second-order valence-electron chi connectivity index (χ2n) is 3.22. The number of rotatable bonds is 5. The van der Waals surface area contributed by atoms with Crippen LogP contribution in [0.5, 0.6) is 0 Å². The molecule has 5 heteroatoms. The highest BCUT2D eigenvalue weighted by Crippen LogP contribution is 2.25. The monoisotopic (exact) mass is 208 g/mol. The Morgan fingerprint density at radius 3 is 1.54 bits per heavy atom. The molecule has 0 unspecified atom stereocenters. The van der Waals surface area contributed by atoms with Crippen molar-refractivity contribution < 1.29 is 8.85 Å². The van der Waals surface area contributed by atoms with Gasteiger partial charge in [-0.05, 0) is 19.4 Å². The molecule has 0 saturated heterocycles. The molecule has 0 spiro atoms. The fourth-order valence-electron chi connectivity index (χ4n) is 1.38. The molecular formula is C8H24N2O2Si. The van der Waals surface area contributed by atoms with E-state index in [1.807, 2.05) is 6.55 Å². The molecule has 0 aliphatic rings. The van der Waals surface area contributed by atoms with E-state index >= 15 is 0 Å². The zero-order chi connectivity index (χ0) is 9.83. The van der Waals surface area contributed by atoms with Crippen LogP contribution < -0.4 is 11.9 Å². The van der Waals surface area contributed by atoms with E-state index in [0.29, 0.717) is 0 Å². The molecule has 0 aromatic rings. The number of nitrogens with two attached hydrogens (primary N) is 1. The van der Waals surface area contributed by atoms with E-state index in [0.717, 1.165) is 12.8 Å². The molecule has 0 fully saturated rings. The molecule has 0 aromatic carbocycles. The van der Waals surface area contributed by atoms with E-state index < -0.39 is 8.56 Å². The lowest BCUT2D eigenvalue weighted by molar-refractivity contribution is 0.207. The van der Waals surface area contributed by atoms with Gasteiger partial charge in [0.1, 0.15) is 0 Å². The molecule has 0 aliphatic heterocycles. The Balaban J connectivity index is 0. The van der Waals surface area contributed by atoms with Crippen molar-refractivity contribution >= 4 is 8.56 Å². The lowest BCUT2D eigenvalue weighted by Crippen LogP contribution is -2.65. The fraction of sp³-hybridized carbons (Fsp3) is 1.00. The highest BCUT2D eigenvalue weighted by Gasteiger charge is 2.48. The Morgan fingerprint density at radius 1 is 1.15 bits per heavy atom. The Hall–Kier alpha value is 0.0569. The number of hydrogen-bond acceptors (Lipinski definition) is 4. The third kappa shape index (κ3) is 2.75. The molecular weight excluding hydrogens is 184 g/mol. The average molecular weight is 208 g/mol. The first-order valence-electron chi connectivity index (χ1n) is 4.38. The van der Waals surface area contributed by atoms with Crippen molar-refractivity contribution in [3.8, 4) is 0 Å². The van der Waals surface area contributed by atoms with E-state index in [-0.39, 0.29) is 11.3 Å². The first-order valence-corrected chi connectivity index (χ1v) is 6.70. The fourth-order valence-corrected chi connectivity index (χ4v) is 3.65. The molecule has 82 valence electrons. The summed E-state index contributed by atoms with van der Waals surface area (Å²) in [6, 6.07) is 0. The van der Waals surface area contributed by atoms with Gasteiger partial charge in [-0.1, -0.05) is 13.8 Å². The molecule has 0 aromatic heterocycles. The van der Waals surface area contributed by atoms with Crippen molar-refractivity contribution in [1.82, 2.24) is 6.15 Å². The van der Waals surface area contributed by atoms with Gasteiger partial charge in [0.25, 0.3) is 0 Å². The first-order chi connectivity index (χ1) is 5.49. The standard InChI is InChI=1S/C8H21NO2Si.H3N/c1-6-8(9,7-2)12(5,10-3)11-4;/h6-7,9H2,1-5H3;1H3. The largest absolute Gasteiger partial charge is 0.397 e. The molecule has 0 rings (SSSR count). The zero-order valence-electron chi connectivity index (χ0n) is 9.52. The van der Waals surface area contributed by atoms with Gasteiger partial charge in [-0.15, -0.1) is 0 Å². The van der Waals surface area contributed by atoms with Gasteiger partial charge in [-0.2, -0.15) is 0 Å². The van der Waals surface area contributed by atoms with Crippen molar-refractivity contribution in [2.75, 3.05) is 14.2 Å². The Labute approximate surface area is 82.6 Å². The van der Waals surface area contributed by atoms with Crippen LogP contribution in [-0.2, 0) is 8.85 Å². The summed E-state index contributed by atoms with van der Waals surface area (Å²) in [6.45, 7) is 6.17. The van der Waals surface area contributed by atoms with Crippen molar-refractivity contribution in [3.05, 3.63) is 0 Å². The molecule has 0 radical (unpaired) electrons. The van der Waals surface area contributed by atoms with E-state index in [1.54, 1.807) is 14.2 Å². The van der Waals surface area contributed by atoms with Crippen molar-refractivity contribution in [2.45, 2.75) is 38.4 Å². The van der Waals surface area contributed by atoms with Crippen LogP contribution in [0.3, 0.4) is 0 Å². The second-order valence-corrected chi connectivity index (χ2v) is 6.92. The summed E-state index contributed by atoms with van der Waals surface area (Å²) in [4.78, 5) is 0. The predicted molar refractivity (Wildman–Crippen MR) is 58.2 cm³/mol. The van der Waals surface area contributed by atoms with E-state index in [4.69, 9.17) is 14.6 Å². The molecule has 0 saturated carbocycles. The smallest absolute Gasteiger partial charge is 0.354 e. The summed E-state index contributed by atoms with van der Waals surface area (Å²) >= 11 is 0. The minimum Gasteiger partial charge on any atom is -0.397 e. The third-order valence-corrected chi connectivity index (χ3v) is 7.02. The topological polar surface area (TPSA) is 79.5 Å². The van der Waals surface area contributed by atoms with Crippen LogP contribution in [0.4, 0.5) is 0 Å². The summed E-state index contributed by atoms with van der Waals surface area (Å²) in [6.07, 6.45) is 1.79. The molecule has 4 nitrogen and oxygen atoms in total. The number of hydrogen-bond donors (Lipinski definition) is 2. The maximum Gasteiger partial charge on any atom is 0.354 e. The van der Waals surface area contributed by atoms with Crippen molar-refractivity contribution in [3.63, 3.8) is 0 Å². The van der Waals surface area contributed by atoms with E-state index in [1.165, 1.54) is 0 Å². The maximum absolute atomic E-state index is 6.21. The SMILES string of the molecule is CCC(N)(CC)[Si](C)(OC)OC.N.